The number of fused-ring (bicyclic) bond motifs is 3. The number of hydrogen-bond donors (Lipinski definition) is 4. The van der Waals surface area contributed by atoms with Crippen LogP contribution in [0.4, 0.5) is 0 Å². The third kappa shape index (κ3) is 7.86. The fourth-order valence-corrected chi connectivity index (χ4v) is 9.63. The number of amides is 1. The Hall–Kier alpha value is -6.43. The largest absolute Gasteiger partial charge is 0.497 e. The number of allylic oxidation sites excluding steroid dienone is 4. The number of aromatic amines is 1. The van der Waals surface area contributed by atoms with Crippen molar-refractivity contribution in [3.63, 3.8) is 0 Å². The van der Waals surface area contributed by atoms with Crippen LogP contribution in [0.15, 0.2) is 87.3 Å². The summed E-state index contributed by atoms with van der Waals surface area (Å²) in [7, 11) is 1.66. The summed E-state index contributed by atoms with van der Waals surface area (Å²) in [6.45, 7) is 18.6. The molecule has 0 saturated heterocycles. The first-order valence-electron chi connectivity index (χ1n) is 19.7. The Balaban J connectivity index is 0.000000267. The van der Waals surface area contributed by atoms with Crippen molar-refractivity contribution in [1.29, 1.82) is 0 Å². The molecule has 60 heavy (non-hydrogen) atoms. The molecule has 4 N–H and O–H groups in total. The first-order valence-corrected chi connectivity index (χ1v) is 20.7. The molecule has 7 heterocycles. The molecule has 12 nitrogen and oxygen atoms in total. The van der Waals surface area contributed by atoms with Crippen LogP contribution in [0.2, 0.25) is 0 Å². The van der Waals surface area contributed by atoms with E-state index in [4.69, 9.17) is 14.7 Å². The second-order valence-corrected chi connectivity index (χ2v) is 16.1. The predicted octanol–water partition coefficient (Wildman–Crippen LogP) is 6.59. The molecule has 3 aromatic heterocycles. The van der Waals surface area contributed by atoms with Crippen molar-refractivity contribution in [2.45, 2.75) is 66.7 Å². The Morgan fingerprint density at radius 2 is 1.55 bits per heavy atom. The van der Waals surface area contributed by atoms with Crippen LogP contribution in [-0.4, -0.2) is 65.3 Å². The zero-order chi connectivity index (χ0) is 43.0. The molecule has 0 aliphatic carbocycles. The normalized spacial score (nSPS) is 17.8. The van der Waals surface area contributed by atoms with Crippen LogP contribution < -0.4 is 20.8 Å². The molecule has 0 fully saturated rings. The molecular formula is C47H48FeN6O6. The number of carboxylic acid groups (broad SMARTS) is 2. The van der Waals surface area contributed by atoms with Crippen LogP contribution in [0.5, 0.6) is 5.75 Å². The first-order chi connectivity index (χ1) is 28.7. The van der Waals surface area contributed by atoms with E-state index in [9.17, 15) is 24.6 Å². The number of aliphatic carboxylic acids is 2. The number of methoxy groups -OCH3 is 1. The van der Waals surface area contributed by atoms with Crippen molar-refractivity contribution < 1.29 is 44.7 Å². The summed E-state index contributed by atoms with van der Waals surface area (Å²) in [6.07, 6.45) is 15.4. The van der Waals surface area contributed by atoms with Crippen molar-refractivity contribution in [2.24, 2.45) is 9.98 Å². The van der Waals surface area contributed by atoms with Gasteiger partial charge >= 0.3 is 257 Å². The van der Waals surface area contributed by atoms with E-state index in [-0.39, 0.29) is 18.7 Å². The van der Waals surface area contributed by atoms with Gasteiger partial charge in [0.15, 0.2) is 0 Å². The van der Waals surface area contributed by atoms with Gasteiger partial charge in [-0.2, -0.15) is 0 Å². The second kappa shape index (κ2) is 17.0. The zero-order valence-electron chi connectivity index (χ0n) is 34.6. The monoisotopic (exact) mass is 848 g/mol. The van der Waals surface area contributed by atoms with Gasteiger partial charge in [-0.1, -0.05) is 0 Å². The van der Waals surface area contributed by atoms with Gasteiger partial charge in [0.05, 0.1) is 7.11 Å². The SMILES string of the molecule is C=CC1=C(C)C2=NC/1=C\c1c(C)c(C=C)c3[n]1[Fe][n]1/c(c(C)c(CCC(=O)O)/c1=C/C1=NC(=C\3)/C(C)=C1CCC(=O)O)=C\2.COc1ccc2[nH]cc(CCNC(C)=O)c2c1. The van der Waals surface area contributed by atoms with Crippen LogP contribution in [0.25, 0.3) is 41.3 Å². The average molecular weight is 849 g/mol. The molecule has 4 aromatic rings. The van der Waals surface area contributed by atoms with Crippen LogP contribution in [-0.2, 0) is 42.6 Å². The predicted molar refractivity (Wildman–Crippen MR) is 234 cm³/mol. The number of nitrogens with one attached hydrogen (secondary N) is 2. The number of hydrogen-bond acceptors (Lipinski definition) is 6. The molecule has 8 rings (SSSR count). The fraction of sp³-hybridized carbons (Fsp3) is 0.255. The number of aliphatic imine (C=N–C) groups is 2. The number of carboxylic acids is 2. The molecule has 0 saturated carbocycles. The van der Waals surface area contributed by atoms with Gasteiger partial charge in [-0.25, -0.2) is 0 Å². The third-order valence-electron chi connectivity index (χ3n) is 11.3. The number of H-pyrrole nitrogens is 1. The van der Waals surface area contributed by atoms with Crippen molar-refractivity contribution >= 4 is 70.6 Å². The van der Waals surface area contributed by atoms with E-state index in [1.165, 1.54) is 12.5 Å². The van der Waals surface area contributed by atoms with Crippen molar-refractivity contribution in [3.05, 3.63) is 127 Å². The number of rotatable bonds is 12. The van der Waals surface area contributed by atoms with Gasteiger partial charge in [0.2, 0.25) is 5.91 Å². The summed E-state index contributed by atoms with van der Waals surface area (Å²) in [5.41, 5.74) is 15.1. The van der Waals surface area contributed by atoms with Gasteiger partial charge in [-0.15, -0.1) is 0 Å². The number of carbonyl (C=O) groups is 3. The maximum Gasteiger partial charge on any atom is 0.216 e. The summed E-state index contributed by atoms with van der Waals surface area (Å²) in [6, 6.07) is 5.93. The Morgan fingerprint density at radius 1 is 0.850 bits per heavy atom. The summed E-state index contributed by atoms with van der Waals surface area (Å²) in [4.78, 5) is 47.5. The molecule has 4 aliphatic heterocycles. The molecule has 1 amide bonds. The Bertz CT molecular complexity index is 2870. The van der Waals surface area contributed by atoms with Gasteiger partial charge in [-0.3, -0.25) is 4.79 Å². The van der Waals surface area contributed by atoms with E-state index in [2.05, 4.69) is 55.8 Å². The van der Waals surface area contributed by atoms with Crippen molar-refractivity contribution in [3.8, 4) is 5.75 Å². The minimum absolute atomic E-state index is 0.00224. The summed E-state index contributed by atoms with van der Waals surface area (Å²) < 4.78 is 9.67. The molecule has 0 radical (unpaired) electrons. The minimum Gasteiger partial charge on any atom is -0.497 e. The molecule has 0 spiro atoms. The van der Waals surface area contributed by atoms with E-state index in [1.807, 2.05) is 63.4 Å². The van der Waals surface area contributed by atoms with E-state index in [0.717, 1.165) is 107 Å². The van der Waals surface area contributed by atoms with E-state index >= 15 is 0 Å². The van der Waals surface area contributed by atoms with Crippen LogP contribution in [0.3, 0.4) is 0 Å². The van der Waals surface area contributed by atoms with Gasteiger partial charge in [-0.05, 0) is 30.2 Å². The molecule has 0 atom stereocenters. The molecule has 6 bridgehead atoms. The topological polar surface area (TPSA) is 163 Å². The van der Waals surface area contributed by atoms with Crippen LogP contribution >= 0.6 is 0 Å². The smallest absolute Gasteiger partial charge is 0.216 e. The number of benzene rings is 1. The Kier molecular flexibility index (Phi) is 11.9. The third-order valence-corrected chi connectivity index (χ3v) is 12.8. The molecule has 4 aliphatic rings. The standard InChI is InChI=1S/C34H34N4O4.C13H16N2O2.Fe/c1-7-21-17(3)25-13-26-19(5)23(9-11-33(39)40)31(37-26)16-32-24(10-12-34(41)42)20(6)28(38-32)15-30-22(8-2)18(4)27(36-30)14-29(21)35-25;1-9(16)14-6-5-10-8-15-13-4-3-11(17-2)7-12(10)13;/h7-8,13-16H,1-2,9-12H2,3-6H3,(H4,35,36,37,38,39,40,41,42);3-4,7-8,15H,5-6H2,1-2H3,(H,14,16);/q;;+2/p-2/b25-13?,26-13-,27-14?,28-15-,29-14-,30-15?,31-16-,32-16?;;. The number of aromatic nitrogens is 3. The zero-order valence-corrected chi connectivity index (χ0v) is 35.7. The fourth-order valence-electron chi connectivity index (χ4n) is 8.00. The van der Waals surface area contributed by atoms with Gasteiger partial charge < -0.3 is 15.0 Å². The van der Waals surface area contributed by atoms with Gasteiger partial charge in [0.1, 0.15) is 5.75 Å². The first kappa shape index (κ1) is 41.7. The van der Waals surface area contributed by atoms with E-state index < -0.39 is 11.9 Å². The molecule has 0 unspecified atom stereocenters. The molecule has 310 valence electrons. The number of nitrogens with zero attached hydrogens (tertiary/aromatic N) is 4. The molecule has 1 aromatic carbocycles. The molecular weight excluding hydrogens is 800 g/mol. The maximum absolute atomic E-state index is 11.8. The summed E-state index contributed by atoms with van der Waals surface area (Å²) >= 11 is 0.463. The Morgan fingerprint density at radius 3 is 2.23 bits per heavy atom. The van der Waals surface area contributed by atoms with Gasteiger partial charge in [0.25, 0.3) is 0 Å². The van der Waals surface area contributed by atoms with E-state index in [0.29, 0.717) is 40.5 Å². The van der Waals surface area contributed by atoms with Gasteiger partial charge in [0, 0.05) is 30.6 Å². The Labute approximate surface area is 354 Å². The second-order valence-electron chi connectivity index (χ2n) is 14.9. The average Bonchev–Trinajstić information content (AvgIpc) is 3.96. The number of ether oxygens (including phenoxy) is 1. The summed E-state index contributed by atoms with van der Waals surface area (Å²) in [5.74, 6) is -0.888. The van der Waals surface area contributed by atoms with Crippen LogP contribution in [0.1, 0.15) is 79.2 Å². The quantitative estimate of drug-likeness (QED) is 0.118. The van der Waals surface area contributed by atoms with E-state index in [1.54, 1.807) is 7.11 Å². The van der Waals surface area contributed by atoms with Crippen molar-refractivity contribution in [2.75, 3.05) is 13.7 Å². The van der Waals surface area contributed by atoms with Crippen LogP contribution in [0, 0.1) is 13.8 Å². The molecule has 13 heteroatoms. The van der Waals surface area contributed by atoms with Crippen molar-refractivity contribution in [1.82, 2.24) is 17.5 Å². The summed E-state index contributed by atoms with van der Waals surface area (Å²) in [5, 5.41) is 24.9. The minimum atomic E-state index is -0.868. The number of carbonyl (C=O) groups excluding carboxylic acids is 1. The maximum atomic E-state index is 11.8.